The van der Waals surface area contributed by atoms with Gasteiger partial charge in [-0.05, 0) is 56.8 Å². The molecule has 0 saturated carbocycles. The minimum absolute atomic E-state index is 0.278. The summed E-state index contributed by atoms with van der Waals surface area (Å²) < 4.78 is 5.51. The van der Waals surface area contributed by atoms with Gasteiger partial charge in [0.1, 0.15) is 5.60 Å². The van der Waals surface area contributed by atoms with Gasteiger partial charge >= 0.3 is 13.2 Å². The molecule has 8 nitrogen and oxygen atoms in total. The van der Waals surface area contributed by atoms with Crippen LogP contribution in [-0.4, -0.2) is 91.0 Å². The van der Waals surface area contributed by atoms with Crippen LogP contribution in [0.25, 0.3) is 0 Å². The lowest BCUT2D eigenvalue weighted by atomic mass is 9.74. The van der Waals surface area contributed by atoms with E-state index in [2.05, 4.69) is 22.0 Å². The zero-order valence-corrected chi connectivity index (χ0v) is 19.6. The van der Waals surface area contributed by atoms with Crippen LogP contribution in [0.3, 0.4) is 0 Å². The molecule has 2 aliphatic rings. The molecule has 0 bridgehead atoms. The maximum atomic E-state index is 12.4. The van der Waals surface area contributed by atoms with Gasteiger partial charge < -0.3 is 29.9 Å². The third-order valence-corrected chi connectivity index (χ3v) is 6.08. The highest BCUT2D eigenvalue weighted by Gasteiger charge is 2.29. The predicted molar refractivity (Wildman–Crippen MR) is 124 cm³/mol. The molecule has 1 amide bonds. The molecule has 0 radical (unpaired) electrons. The van der Waals surface area contributed by atoms with Crippen molar-refractivity contribution in [2.75, 3.05) is 57.3 Å². The quantitative estimate of drug-likeness (QED) is 0.596. The number of carbonyl (C=O) groups is 1. The fraction of sp³-hybridized carbons (Fsp3) is 0.682. The SMILES string of the molecule is Cc1c(CN2CCNCC2)cc(B(O)O)c(C)c1N1CCN(C(=O)OC(C)(C)C)CC1. The number of hydrogen-bond acceptors (Lipinski definition) is 7. The fourth-order valence-corrected chi connectivity index (χ4v) is 4.43. The van der Waals surface area contributed by atoms with Crippen molar-refractivity contribution in [1.29, 1.82) is 0 Å². The Morgan fingerprint density at radius 2 is 1.68 bits per heavy atom. The number of nitrogens with one attached hydrogen (secondary N) is 1. The third kappa shape index (κ3) is 5.91. The summed E-state index contributed by atoms with van der Waals surface area (Å²) in [6.45, 7) is 16.9. The Kier molecular flexibility index (Phi) is 7.52. The monoisotopic (exact) mass is 432 g/mol. The van der Waals surface area contributed by atoms with Crippen molar-refractivity contribution >= 4 is 24.4 Å². The van der Waals surface area contributed by atoms with Crippen LogP contribution in [0.5, 0.6) is 0 Å². The van der Waals surface area contributed by atoms with Crippen molar-refractivity contribution in [3.05, 3.63) is 22.8 Å². The van der Waals surface area contributed by atoms with Crippen LogP contribution in [0.1, 0.15) is 37.5 Å². The first-order valence-corrected chi connectivity index (χ1v) is 11.2. The molecule has 1 aromatic rings. The van der Waals surface area contributed by atoms with E-state index in [1.165, 1.54) is 5.56 Å². The maximum absolute atomic E-state index is 12.4. The van der Waals surface area contributed by atoms with E-state index in [4.69, 9.17) is 4.74 Å². The summed E-state index contributed by atoms with van der Waals surface area (Å²) in [5.74, 6) is 0. The summed E-state index contributed by atoms with van der Waals surface area (Å²) in [5.41, 5.74) is 4.29. The summed E-state index contributed by atoms with van der Waals surface area (Å²) >= 11 is 0. The number of amides is 1. The second-order valence-corrected chi connectivity index (χ2v) is 9.58. The van der Waals surface area contributed by atoms with Gasteiger partial charge in [0.2, 0.25) is 0 Å². The molecule has 2 fully saturated rings. The van der Waals surface area contributed by atoms with Crippen LogP contribution in [0, 0.1) is 13.8 Å². The number of carbonyl (C=O) groups excluding carboxylic acids is 1. The van der Waals surface area contributed by atoms with E-state index in [9.17, 15) is 14.8 Å². The Bertz CT molecular complexity index is 783. The highest BCUT2D eigenvalue weighted by molar-refractivity contribution is 6.59. The number of anilines is 1. The Hall–Kier alpha value is -1.81. The second-order valence-electron chi connectivity index (χ2n) is 9.58. The number of benzene rings is 1. The van der Waals surface area contributed by atoms with E-state index in [1.807, 2.05) is 33.8 Å². The third-order valence-electron chi connectivity index (χ3n) is 6.08. The molecular formula is C22H37BN4O4. The van der Waals surface area contributed by atoms with Crippen LogP contribution in [0.4, 0.5) is 10.5 Å². The molecule has 172 valence electrons. The first-order valence-electron chi connectivity index (χ1n) is 11.2. The van der Waals surface area contributed by atoms with Gasteiger partial charge in [0, 0.05) is 64.6 Å². The molecular weight excluding hydrogens is 395 g/mol. The van der Waals surface area contributed by atoms with Gasteiger partial charge in [0.05, 0.1) is 0 Å². The van der Waals surface area contributed by atoms with E-state index >= 15 is 0 Å². The number of piperazine rings is 2. The van der Waals surface area contributed by atoms with Crippen molar-refractivity contribution in [3.63, 3.8) is 0 Å². The standard InChI is InChI=1S/C22H37BN4O4/c1-16-18(15-25-8-6-24-7-9-25)14-19(23(29)30)17(2)20(16)26-10-12-27(13-11-26)21(28)31-22(3,4)5/h14,24,29-30H,6-13,15H2,1-5H3. The lowest BCUT2D eigenvalue weighted by molar-refractivity contribution is 0.0240. The fourth-order valence-electron chi connectivity index (χ4n) is 4.43. The molecule has 9 heteroatoms. The van der Waals surface area contributed by atoms with Crippen molar-refractivity contribution in [2.24, 2.45) is 0 Å². The summed E-state index contributed by atoms with van der Waals surface area (Å²) in [6, 6.07) is 1.94. The van der Waals surface area contributed by atoms with E-state index in [0.29, 0.717) is 31.6 Å². The van der Waals surface area contributed by atoms with Crippen molar-refractivity contribution in [1.82, 2.24) is 15.1 Å². The van der Waals surface area contributed by atoms with Crippen molar-refractivity contribution < 1.29 is 19.6 Å². The van der Waals surface area contributed by atoms with E-state index < -0.39 is 12.7 Å². The summed E-state index contributed by atoms with van der Waals surface area (Å²) in [7, 11) is -1.51. The highest BCUT2D eigenvalue weighted by Crippen LogP contribution is 2.29. The van der Waals surface area contributed by atoms with Gasteiger partial charge in [-0.2, -0.15) is 0 Å². The number of rotatable bonds is 4. The molecule has 0 spiro atoms. The smallest absolute Gasteiger partial charge is 0.444 e. The number of ether oxygens (including phenoxy) is 1. The topological polar surface area (TPSA) is 88.5 Å². The Morgan fingerprint density at radius 3 is 2.23 bits per heavy atom. The van der Waals surface area contributed by atoms with E-state index in [0.717, 1.165) is 49.5 Å². The van der Waals surface area contributed by atoms with Crippen LogP contribution in [0.15, 0.2) is 6.07 Å². The van der Waals surface area contributed by atoms with Crippen LogP contribution in [0.2, 0.25) is 0 Å². The molecule has 1 aromatic carbocycles. The Labute approximate surface area is 186 Å². The number of hydrogen-bond donors (Lipinski definition) is 3. The van der Waals surface area contributed by atoms with Gasteiger partial charge in [-0.15, -0.1) is 0 Å². The lowest BCUT2D eigenvalue weighted by Gasteiger charge is -2.39. The molecule has 3 N–H and O–H groups in total. The first kappa shape index (κ1) is 23.8. The Balaban J connectivity index is 1.80. The van der Waals surface area contributed by atoms with Crippen LogP contribution < -0.4 is 15.7 Å². The molecule has 2 heterocycles. The summed E-state index contributed by atoms with van der Waals surface area (Å²) in [6.07, 6.45) is -0.278. The van der Waals surface area contributed by atoms with E-state index in [1.54, 1.807) is 4.90 Å². The minimum Gasteiger partial charge on any atom is -0.444 e. The average molecular weight is 432 g/mol. The first-order chi connectivity index (χ1) is 14.6. The molecule has 2 saturated heterocycles. The minimum atomic E-state index is -1.51. The van der Waals surface area contributed by atoms with Gasteiger partial charge in [-0.3, -0.25) is 4.90 Å². The van der Waals surface area contributed by atoms with Gasteiger partial charge in [-0.1, -0.05) is 6.07 Å². The molecule has 0 unspecified atom stereocenters. The van der Waals surface area contributed by atoms with Gasteiger partial charge in [0.25, 0.3) is 0 Å². The summed E-state index contributed by atoms with van der Waals surface area (Å²) in [4.78, 5) is 18.8. The van der Waals surface area contributed by atoms with Gasteiger partial charge in [-0.25, -0.2) is 4.79 Å². The zero-order chi connectivity index (χ0) is 22.8. The van der Waals surface area contributed by atoms with Crippen LogP contribution >= 0.6 is 0 Å². The highest BCUT2D eigenvalue weighted by atomic mass is 16.6. The predicted octanol–water partition coefficient (Wildman–Crippen LogP) is 0.446. The molecule has 0 atom stereocenters. The molecule has 2 aliphatic heterocycles. The number of nitrogens with zero attached hydrogens (tertiary/aromatic N) is 3. The molecule has 0 aliphatic carbocycles. The van der Waals surface area contributed by atoms with E-state index in [-0.39, 0.29) is 6.09 Å². The lowest BCUT2D eigenvalue weighted by Crippen LogP contribution is -2.51. The normalized spacial score (nSPS) is 18.3. The maximum Gasteiger partial charge on any atom is 0.488 e. The molecule has 0 aromatic heterocycles. The Morgan fingerprint density at radius 1 is 1.06 bits per heavy atom. The summed E-state index contributed by atoms with van der Waals surface area (Å²) in [5, 5.41) is 23.4. The van der Waals surface area contributed by atoms with Crippen LogP contribution in [-0.2, 0) is 11.3 Å². The zero-order valence-electron chi connectivity index (χ0n) is 19.6. The molecule has 3 rings (SSSR count). The van der Waals surface area contributed by atoms with Crippen molar-refractivity contribution in [2.45, 2.75) is 46.8 Å². The molecule has 31 heavy (non-hydrogen) atoms. The van der Waals surface area contributed by atoms with Gasteiger partial charge in [0.15, 0.2) is 0 Å². The second kappa shape index (κ2) is 9.77. The van der Waals surface area contributed by atoms with Crippen molar-refractivity contribution in [3.8, 4) is 0 Å². The average Bonchev–Trinajstić information content (AvgIpc) is 2.70. The largest absolute Gasteiger partial charge is 0.488 e.